The Bertz CT molecular complexity index is 3000. The highest BCUT2D eigenvalue weighted by atomic mass is 16.3. The zero-order chi connectivity index (χ0) is 34.8. The standard InChI is InChI=1S/C49H34N2O/c1-3-14-41-42-23-13-22-37(49(42)52-48(41)4-2)34-17-11-15-32(29-34)33-16-12-18-35(30-33)50-46-26-10-7-21-40(46)43-31-36(27-28-47(43)50)51-44-24-8-5-19-38(44)39-20-6-9-25-45(39)51/h3-31H,2H2,1H3/b14-3-. The fourth-order valence-electron chi connectivity index (χ4n) is 8.14. The zero-order valence-electron chi connectivity index (χ0n) is 28.8. The van der Waals surface area contributed by atoms with Crippen LogP contribution in [0.25, 0.3) is 100 Å². The highest BCUT2D eigenvalue weighted by Crippen LogP contribution is 2.39. The van der Waals surface area contributed by atoms with Crippen molar-refractivity contribution in [1.82, 2.24) is 9.13 Å². The molecule has 0 saturated heterocycles. The monoisotopic (exact) mass is 666 g/mol. The van der Waals surface area contributed by atoms with Gasteiger partial charge in [-0.2, -0.15) is 0 Å². The van der Waals surface area contributed by atoms with Crippen LogP contribution in [-0.4, -0.2) is 9.13 Å². The lowest BCUT2D eigenvalue weighted by Crippen LogP contribution is -1.96. The van der Waals surface area contributed by atoms with E-state index in [1.54, 1.807) is 6.08 Å². The van der Waals surface area contributed by atoms with Crippen molar-refractivity contribution >= 4 is 66.7 Å². The first-order valence-corrected chi connectivity index (χ1v) is 17.8. The summed E-state index contributed by atoms with van der Waals surface area (Å²) in [5.41, 5.74) is 13.5. The highest BCUT2D eigenvalue weighted by molar-refractivity contribution is 6.12. The number of hydrogen-bond donors (Lipinski definition) is 0. The number of nitrogens with zero attached hydrogens (tertiary/aromatic N) is 2. The van der Waals surface area contributed by atoms with Gasteiger partial charge < -0.3 is 13.6 Å². The van der Waals surface area contributed by atoms with Crippen molar-refractivity contribution in [3.8, 4) is 33.6 Å². The summed E-state index contributed by atoms with van der Waals surface area (Å²) in [7, 11) is 0. The van der Waals surface area contributed by atoms with E-state index in [-0.39, 0.29) is 0 Å². The molecule has 3 heterocycles. The summed E-state index contributed by atoms with van der Waals surface area (Å²) in [5.74, 6) is 0.790. The van der Waals surface area contributed by atoms with Crippen LogP contribution in [0.15, 0.2) is 175 Å². The molecule has 0 saturated carbocycles. The number of aromatic nitrogens is 2. The summed E-state index contributed by atoms with van der Waals surface area (Å²) in [6, 6.07) is 57.0. The van der Waals surface area contributed by atoms with Crippen molar-refractivity contribution in [3.05, 3.63) is 182 Å². The molecule has 0 unspecified atom stereocenters. The summed E-state index contributed by atoms with van der Waals surface area (Å²) in [4.78, 5) is 0. The second kappa shape index (κ2) is 11.9. The molecule has 3 aromatic heterocycles. The van der Waals surface area contributed by atoms with E-state index >= 15 is 0 Å². The molecule has 0 aliphatic carbocycles. The predicted octanol–water partition coefficient (Wildman–Crippen LogP) is 13.6. The highest BCUT2D eigenvalue weighted by Gasteiger charge is 2.18. The van der Waals surface area contributed by atoms with Crippen LogP contribution in [0, 0.1) is 0 Å². The van der Waals surface area contributed by atoms with Crippen molar-refractivity contribution in [3.63, 3.8) is 0 Å². The van der Waals surface area contributed by atoms with Crippen LogP contribution in [0.4, 0.5) is 0 Å². The second-order valence-electron chi connectivity index (χ2n) is 13.3. The normalized spacial score (nSPS) is 11.9. The SMILES string of the molecule is C=Cc1oc2c(-c3cccc(-c4cccc(-n5c6ccccc6c6cc(-n7c8ccccc8c8ccccc87)ccc65)c4)c3)cccc2c1/C=C\C. The summed E-state index contributed by atoms with van der Waals surface area (Å²) in [5, 5.41) is 6.08. The lowest BCUT2D eigenvalue weighted by atomic mass is 9.97. The van der Waals surface area contributed by atoms with Crippen molar-refractivity contribution in [2.24, 2.45) is 0 Å². The molecule has 0 amide bonds. The number of allylic oxidation sites excluding steroid dienone is 1. The molecular formula is C49H34N2O. The maximum absolute atomic E-state index is 6.38. The average Bonchev–Trinajstić information content (AvgIpc) is 3.85. The van der Waals surface area contributed by atoms with Gasteiger partial charge in [0.2, 0.25) is 0 Å². The number of benzene rings is 7. The number of hydrogen-bond acceptors (Lipinski definition) is 1. The van der Waals surface area contributed by atoms with Crippen LogP contribution < -0.4 is 0 Å². The van der Waals surface area contributed by atoms with Crippen LogP contribution in [-0.2, 0) is 0 Å². The Morgan fingerprint density at radius 1 is 0.481 bits per heavy atom. The smallest absolute Gasteiger partial charge is 0.143 e. The zero-order valence-corrected chi connectivity index (χ0v) is 28.8. The lowest BCUT2D eigenvalue weighted by Gasteiger charge is -2.12. The maximum Gasteiger partial charge on any atom is 0.143 e. The van der Waals surface area contributed by atoms with Gasteiger partial charge in [0.25, 0.3) is 0 Å². The molecule has 0 aliphatic rings. The van der Waals surface area contributed by atoms with Crippen LogP contribution in [0.5, 0.6) is 0 Å². The molecule has 52 heavy (non-hydrogen) atoms. The van der Waals surface area contributed by atoms with Crippen LogP contribution in [0.2, 0.25) is 0 Å². The molecular weight excluding hydrogens is 633 g/mol. The summed E-state index contributed by atoms with van der Waals surface area (Å²) in [6.07, 6.45) is 5.93. The van der Waals surface area contributed by atoms with Crippen molar-refractivity contribution in [2.45, 2.75) is 6.92 Å². The second-order valence-corrected chi connectivity index (χ2v) is 13.3. The van der Waals surface area contributed by atoms with E-state index in [0.717, 1.165) is 55.9 Å². The van der Waals surface area contributed by atoms with Gasteiger partial charge in [-0.15, -0.1) is 0 Å². The molecule has 0 fully saturated rings. The first kappa shape index (κ1) is 30.0. The van der Waals surface area contributed by atoms with Crippen LogP contribution in [0.1, 0.15) is 18.2 Å². The Morgan fingerprint density at radius 3 is 1.69 bits per heavy atom. The van der Waals surface area contributed by atoms with Crippen LogP contribution >= 0.6 is 0 Å². The maximum atomic E-state index is 6.38. The Morgan fingerprint density at radius 2 is 1.02 bits per heavy atom. The molecule has 7 aromatic carbocycles. The van der Waals surface area contributed by atoms with Gasteiger partial charge in [-0.05, 0) is 84.3 Å². The summed E-state index contributed by atoms with van der Waals surface area (Å²) in [6.45, 7) is 6.02. The molecule has 3 nitrogen and oxygen atoms in total. The van der Waals surface area contributed by atoms with Gasteiger partial charge in [0.05, 0.1) is 22.1 Å². The first-order valence-electron chi connectivity index (χ1n) is 17.8. The molecule has 0 atom stereocenters. The number of fused-ring (bicyclic) bond motifs is 7. The quantitative estimate of drug-likeness (QED) is 0.173. The fraction of sp³-hybridized carbons (Fsp3) is 0.0204. The van der Waals surface area contributed by atoms with E-state index in [9.17, 15) is 0 Å². The average molecular weight is 667 g/mol. The van der Waals surface area contributed by atoms with Gasteiger partial charge in [-0.1, -0.05) is 122 Å². The Labute approximate surface area is 301 Å². The first-order chi connectivity index (χ1) is 25.7. The van der Waals surface area contributed by atoms with Gasteiger partial charge in [0.15, 0.2) is 0 Å². The molecule has 0 aliphatic heterocycles. The van der Waals surface area contributed by atoms with E-state index in [1.807, 2.05) is 13.0 Å². The van der Waals surface area contributed by atoms with Gasteiger partial charge >= 0.3 is 0 Å². The number of para-hydroxylation sites is 4. The molecule has 0 N–H and O–H groups in total. The third-order valence-electron chi connectivity index (χ3n) is 10.4. The van der Waals surface area contributed by atoms with Gasteiger partial charge in [0, 0.05) is 49.4 Å². The summed E-state index contributed by atoms with van der Waals surface area (Å²) < 4.78 is 11.2. The van der Waals surface area contributed by atoms with E-state index in [4.69, 9.17) is 4.42 Å². The fourth-order valence-corrected chi connectivity index (χ4v) is 8.14. The van der Waals surface area contributed by atoms with Gasteiger partial charge in [0.1, 0.15) is 11.3 Å². The van der Waals surface area contributed by atoms with Crippen molar-refractivity contribution in [1.29, 1.82) is 0 Å². The molecule has 0 radical (unpaired) electrons. The minimum atomic E-state index is 0.790. The van der Waals surface area contributed by atoms with E-state index in [0.29, 0.717) is 0 Å². The van der Waals surface area contributed by atoms with Crippen LogP contribution in [0.3, 0.4) is 0 Å². The Hall–Kier alpha value is -6.84. The molecule has 0 bridgehead atoms. The summed E-state index contributed by atoms with van der Waals surface area (Å²) >= 11 is 0. The van der Waals surface area contributed by atoms with E-state index < -0.39 is 0 Å². The van der Waals surface area contributed by atoms with Gasteiger partial charge in [-0.3, -0.25) is 0 Å². The predicted molar refractivity (Wildman–Crippen MR) is 221 cm³/mol. The third kappa shape index (κ3) is 4.53. The molecule has 10 rings (SSSR count). The van der Waals surface area contributed by atoms with Crippen molar-refractivity contribution < 1.29 is 4.42 Å². The molecule has 246 valence electrons. The number of rotatable bonds is 6. The molecule has 0 spiro atoms. The van der Waals surface area contributed by atoms with E-state index in [1.165, 1.54) is 43.6 Å². The van der Waals surface area contributed by atoms with E-state index in [2.05, 4.69) is 180 Å². The Kier molecular flexibility index (Phi) is 6.87. The largest absolute Gasteiger partial charge is 0.455 e. The molecule has 10 aromatic rings. The molecule has 3 heteroatoms. The lowest BCUT2D eigenvalue weighted by molar-refractivity contribution is 0.604. The van der Waals surface area contributed by atoms with Crippen molar-refractivity contribution in [2.75, 3.05) is 0 Å². The minimum Gasteiger partial charge on any atom is -0.455 e. The third-order valence-corrected chi connectivity index (χ3v) is 10.4. The van der Waals surface area contributed by atoms with Gasteiger partial charge in [-0.25, -0.2) is 0 Å². The number of furan rings is 1. The Balaban J connectivity index is 1.11. The minimum absolute atomic E-state index is 0.790. The topological polar surface area (TPSA) is 23.0 Å².